The van der Waals surface area contributed by atoms with E-state index in [1.807, 2.05) is 0 Å². The van der Waals surface area contributed by atoms with Crippen LogP contribution in [-0.2, 0) is 19.1 Å². The highest BCUT2D eigenvalue weighted by Gasteiger charge is 2.67. The molecule has 6 atom stereocenters. The summed E-state index contributed by atoms with van der Waals surface area (Å²) in [6, 6.07) is 6.91. The molecule has 5 aliphatic rings. The molecule has 6 rings (SSSR count). The lowest BCUT2D eigenvalue weighted by molar-refractivity contribution is -0.145. The van der Waals surface area contributed by atoms with Crippen LogP contribution in [0.25, 0.3) is 0 Å². The predicted molar refractivity (Wildman–Crippen MR) is 103 cm³/mol. The number of rotatable bonds is 6. The van der Waals surface area contributed by atoms with E-state index in [1.54, 1.807) is 31.2 Å². The summed E-state index contributed by atoms with van der Waals surface area (Å²) in [5.41, 5.74) is 0.730. The van der Waals surface area contributed by atoms with Gasteiger partial charge in [0, 0.05) is 0 Å². The lowest BCUT2D eigenvalue weighted by Gasteiger charge is -2.37. The van der Waals surface area contributed by atoms with Gasteiger partial charge in [-0.05, 0) is 66.8 Å². The zero-order chi connectivity index (χ0) is 20.1. The number of hydrazone groups is 1. The minimum Gasteiger partial charge on any atom is -0.482 e. The lowest BCUT2D eigenvalue weighted by Crippen LogP contribution is -2.40. The summed E-state index contributed by atoms with van der Waals surface area (Å²) in [6.07, 6.45) is 6.95. The quantitative estimate of drug-likeness (QED) is 0.319. The van der Waals surface area contributed by atoms with Crippen molar-refractivity contribution in [1.29, 1.82) is 0 Å². The second-order valence-corrected chi connectivity index (χ2v) is 8.05. The molecule has 0 aromatic heterocycles. The Morgan fingerprint density at radius 1 is 1.10 bits per heavy atom. The molecule has 2 amide bonds. The van der Waals surface area contributed by atoms with Gasteiger partial charge in [0.1, 0.15) is 5.75 Å². The SMILES string of the molecule is CCOC(=O)COc1ccc(/C=N\N2C(=O)[C@@H]3[C@H]4C=C[C@@H]([C@@H]5C[C@H]45)[C@@H]3C2=O)cc1. The van der Waals surface area contributed by atoms with Gasteiger partial charge in [-0.25, -0.2) is 4.79 Å². The molecule has 0 spiro atoms. The number of hydrogen-bond donors (Lipinski definition) is 0. The molecule has 1 aliphatic heterocycles. The maximum absolute atomic E-state index is 12.9. The van der Waals surface area contributed by atoms with Crippen molar-refractivity contribution in [2.45, 2.75) is 13.3 Å². The zero-order valence-corrected chi connectivity index (χ0v) is 16.1. The molecule has 0 N–H and O–H groups in total. The number of carbonyl (C=O) groups excluding carboxylic acids is 3. The third-order valence-electron chi connectivity index (χ3n) is 6.50. The van der Waals surface area contributed by atoms with Gasteiger partial charge < -0.3 is 9.47 Å². The molecule has 150 valence electrons. The molecular formula is C22H22N2O5. The normalized spacial score (nSPS) is 33.8. The fourth-order valence-electron chi connectivity index (χ4n) is 5.17. The first-order chi connectivity index (χ1) is 14.1. The van der Waals surface area contributed by atoms with Crippen molar-refractivity contribution < 1.29 is 23.9 Å². The summed E-state index contributed by atoms with van der Waals surface area (Å²) in [4.78, 5) is 37.1. The van der Waals surface area contributed by atoms with Gasteiger partial charge in [0.2, 0.25) is 0 Å². The fraction of sp³-hybridized carbons (Fsp3) is 0.455. The molecule has 4 aliphatic carbocycles. The maximum atomic E-state index is 12.9. The standard InChI is InChI=1S/C22H22N2O5/c1-2-28-18(25)11-29-13-5-3-12(4-6-13)10-23-24-21(26)19-14-7-8-15(17-9-16(14)17)20(19)22(24)27/h3-8,10,14-17,19-20H,2,9,11H2,1H3/b23-10-/t14-,15-,16-,17+,19-,20+/m0/s1. The van der Waals surface area contributed by atoms with E-state index < -0.39 is 5.97 Å². The van der Waals surface area contributed by atoms with E-state index in [4.69, 9.17) is 9.47 Å². The van der Waals surface area contributed by atoms with Crippen molar-refractivity contribution >= 4 is 24.0 Å². The molecule has 7 heteroatoms. The van der Waals surface area contributed by atoms with Crippen molar-refractivity contribution in [3.8, 4) is 5.75 Å². The number of nitrogens with zero attached hydrogens (tertiary/aromatic N) is 2. The molecule has 7 nitrogen and oxygen atoms in total. The van der Waals surface area contributed by atoms with Gasteiger partial charge in [-0.2, -0.15) is 10.1 Å². The fourth-order valence-corrected chi connectivity index (χ4v) is 5.17. The van der Waals surface area contributed by atoms with E-state index in [0.29, 0.717) is 24.2 Å². The number of ether oxygens (including phenoxy) is 2. The summed E-state index contributed by atoms with van der Waals surface area (Å²) < 4.78 is 10.2. The smallest absolute Gasteiger partial charge is 0.344 e. The number of esters is 1. The van der Waals surface area contributed by atoms with E-state index in [-0.39, 0.29) is 42.1 Å². The zero-order valence-electron chi connectivity index (χ0n) is 16.1. The van der Waals surface area contributed by atoms with Crippen molar-refractivity contribution in [3.05, 3.63) is 42.0 Å². The average Bonchev–Trinajstić information content (AvgIpc) is 3.51. The number of benzene rings is 1. The van der Waals surface area contributed by atoms with Crippen LogP contribution < -0.4 is 4.74 Å². The average molecular weight is 394 g/mol. The minimum atomic E-state index is -0.424. The van der Waals surface area contributed by atoms with Crippen LogP contribution in [0.5, 0.6) is 5.75 Å². The van der Waals surface area contributed by atoms with Crippen LogP contribution in [0.3, 0.4) is 0 Å². The number of allylic oxidation sites excluding steroid dienone is 2. The van der Waals surface area contributed by atoms with Crippen LogP contribution in [0.4, 0.5) is 0 Å². The largest absolute Gasteiger partial charge is 0.482 e. The molecule has 1 aromatic rings. The molecule has 2 bridgehead atoms. The summed E-state index contributed by atoms with van der Waals surface area (Å²) in [6.45, 7) is 1.89. The van der Waals surface area contributed by atoms with Crippen LogP contribution in [0.15, 0.2) is 41.5 Å². The van der Waals surface area contributed by atoms with Gasteiger partial charge in [0.15, 0.2) is 6.61 Å². The molecular weight excluding hydrogens is 372 g/mol. The van der Waals surface area contributed by atoms with Gasteiger partial charge in [-0.1, -0.05) is 12.2 Å². The molecule has 1 saturated heterocycles. The first-order valence-electron chi connectivity index (χ1n) is 10.1. The van der Waals surface area contributed by atoms with Crippen LogP contribution in [0.1, 0.15) is 18.9 Å². The molecule has 29 heavy (non-hydrogen) atoms. The maximum Gasteiger partial charge on any atom is 0.344 e. The Labute approximate surface area is 168 Å². The van der Waals surface area contributed by atoms with Crippen LogP contribution >= 0.6 is 0 Å². The summed E-state index contributed by atoms with van der Waals surface area (Å²) in [7, 11) is 0. The van der Waals surface area contributed by atoms with Gasteiger partial charge in [0.25, 0.3) is 11.8 Å². The third-order valence-corrected chi connectivity index (χ3v) is 6.50. The van der Waals surface area contributed by atoms with E-state index in [2.05, 4.69) is 17.3 Å². The summed E-state index contributed by atoms with van der Waals surface area (Å²) in [5, 5.41) is 5.28. The van der Waals surface area contributed by atoms with Crippen LogP contribution in [-0.4, -0.2) is 42.2 Å². The highest BCUT2D eigenvalue weighted by atomic mass is 16.6. The van der Waals surface area contributed by atoms with Crippen molar-refractivity contribution in [3.63, 3.8) is 0 Å². The number of amides is 2. The predicted octanol–water partition coefficient (Wildman–Crippen LogP) is 2.02. The Morgan fingerprint density at radius 3 is 2.31 bits per heavy atom. The number of hydrogen-bond acceptors (Lipinski definition) is 6. The third kappa shape index (κ3) is 2.96. The van der Waals surface area contributed by atoms with Crippen molar-refractivity contribution in [2.75, 3.05) is 13.2 Å². The van der Waals surface area contributed by atoms with Crippen molar-refractivity contribution in [2.24, 2.45) is 40.6 Å². The molecule has 3 fully saturated rings. The van der Waals surface area contributed by atoms with Gasteiger partial charge in [-0.3, -0.25) is 9.59 Å². The van der Waals surface area contributed by atoms with Crippen LogP contribution in [0, 0.1) is 35.5 Å². The first-order valence-corrected chi connectivity index (χ1v) is 10.1. The Hall–Kier alpha value is -2.96. The first kappa shape index (κ1) is 18.1. The summed E-state index contributed by atoms with van der Waals surface area (Å²) >= 11 is 0. The molecule has 2 saturated carbocycles. The van der Waals surface area contributed by atoms with Crippen molar-refractivity contribution in [1.82, 2.24) is 5.01 Å². The van der Waals surface area contributed by atoms with Crippen LogP contribution in [0.2, 0.25) is 0 Å². The number of carbonyl (C=O) groups is 3. The van der Waals surface area contributed by atoms with E-state index in [0.717, 1.165) is 17.0 Å². The highest BCUT2D eigenvalue weighted by molar-refractivity contribution is 6.06. The molecule has 1 heterocycles. The Bertz CT molecular complexity index is 886. The Balaban J connectivity index is 1.25. The Morgan fingerprint density at radius 2 is 1.72 bits per heavy atom. The monoisotopic (exact) mass is 394 g/mol. The second kappa shape index (κ2) is 6.83. The lowest BCUT2D eigenvalue weighted by atomic mass is 9.63. The topological polar surface area (TPSA) is 85.3 Å². The molecule has 1 aromatic carbocycles. The van der Waals surface area contributed by atoms with E-state index >= 15 is 0 Å². The second-order valence-electron chi connectivity index (χ2n) is 8.05. The van der Waals surface area contributed by atoms with Gasteiger partial charge >= 0.3 is 5.97 Å². The van der Waals surface area contributed by atoms with E-state index in [9.17, 15) is 14.4 Å². The molecule has 0 unspecified atom stereocenters. The minimum absolute atomic E-state index is 0.154. The number of imide groups is 1. The summed E-state index contributed by atoms with van der Waals surface area (Å²) in [5.74, 6) is 0.830. The van der Waals surface area contributed by atoms with Gasteiger partial charge in [0.05, 0.1) is 24.7 Å². The Kier molecular flexibility index (Phi) is 4.26. The van der Waals surface area contributed by atoms with Gasteiger partial charge in [-0.15, -0.1) is 0 Å². The molecule has 0 radical (unpaired) electrons. The van der Waals surface area contributed by atoms with E-state index in [1.165, 1.54) is 6.21 Å². The highest BCUT2D eigenvalue weighted by Crippen LogP contribution is 2.65.